The highest BCUT2D eigenvalue weighted by molar-refractivity contribution is 6.00. The fourth-order valence-corrected chi connectivity index (χ4v) is 3.47. The quantitative estimate of drug-likeness (QED) is 0.393. The van der Waals surface area contributed by atoms with Crippen LogP contribution in [0.1, 0.15) is 34.2 Å². The lowest BCUT2D eigenvalue weighted by molar-refractivity contribution is -0.127. The van der Waals surface area contributed by atoms with Gasteiger partial charge in [-0.15, -0.1) is 0 Å². The molecule has 164 valence electrons. The number of nitrogens with two attached hydrogens (primary N) is 1. The molecule has 0 radical (unpaired) electrons. The van der Waals surface area contributed by atoms with Crippen LogP contribution in [0.25, 0.3) is 11.3 Å². The van der Waals surface area contributed by atoms with Gasteiger partial charge in [-0.1, -0.05) is 19.1 Å². The SMILES string of the molecule is Cc1[nH]c(C(=O)C(C)Cc2ccc(F)cc2)c(CC(F)(F)F)c1-c1nc(N)ncc1O. The van der Waals surface area contributed by atoms with Crippen molar-refractivity contribution in [3.63, 3.8) is 0 Å². The Hall–Kier alpha value is -3.43. The van der Waals surface area contributed by atoms with Crippen molar-refractivity contribution in [2.24, 2.45) is 5.92 Å². The van der Waals surface area contributed by atoms with E-state index in [1.54, 1.807) is 6.92 Å². The van der Waals surface area contributed by atoms with Gasteiger partial charge in [0.2, 0.25) is 5.95 Å². The molecule has 0 aliphatic carbocycles. The zero-order valence-corrected chi connectivity index (χ0v) is 16.7. The largest absolute Gasteiger partial charge is 0.504 e. The molecular formula is C21H20F4N4O2. The first-order valence-corrected chi connectivity index (χ1v) is 9.35. The Bertz CT molecular complexity index is 1110. The molecule has 0 aliphatic rings. The Labute approximate surface area is 175 Å². The van der Waals surface area contributed by atoms with Gasteiger partial charge in [-0.3, -0.25) is 4.79 Å². The maximum Gasteiger partial charge on any atom is 0.393 e. The number of hydrogen-bond donors (Lipinski definition) is 3. The first-order valence-electron chi connectivity index (χ1n) is 9.35. The van der Waals surface area contributed by atoms with Crippen LogP contribution in [0.4, 0.5) is 23.5 Å². The van der Waals surface area contributed by atoms with E-state index in [0.29, 0.717) is 5.56 Å². The maximum absolute atomic E-state index is 13.4. The smallest absolute Gasteiger partial charge is 0.393 e. The number of hydrogen-bond acceptors (Lipinski definition) is 5. The number of carbonyl (C=O) groups is 1. The number of halogens is 4. The van der Waals surface area contributed by atoms with Crippen LogP contribution in [0.15, 0.2) is 30.5 Å². The summed E-state index contributed by atoms with van der Waals surface area (Å²) in [7, 11) is 0. The molecule has 1 unspecified atom stereocenters. The molecule has 2 aromatic heterocycles. The summed E-state index contributed by atoms with van der Waals surface area (Å²) in [4.78, 5) is 23.3. The molecule has 0 fully saturated rings. The molecule has 0 amide bonds. The number of benzene rings is 1. The Morgan fingerprint density at radius 1 is 1.26 bits per heavy atom. The molecule has 10 heteroatoms. The standard InChI is InChI=1S/C21H20F4N4O2/c1-10(7-12-3-5-13(22)6-4-12)19(31)17-14(8-21(23,24)25)16(11(2)28-17)18-15(30)9-27-20(26)29-18/h3-6,9-10,28,30H,7-8H2,1-2H3,(H2,26,27,29). The second kappa shape index (κ2) is 8.37. The van der Waals surface area contributed by atoms with E-state index in [1.807, 2.05) is 0 Å². The topological polar surface area (TPSA) is 105 Å². The average molecular weight is 436 g/mol. The van der Waals surface area contributed by atoms with E-state index in [1.165, 1.54) is 31.2 Å². The maximum atomic E-state index is 13.4. The van der Waals surface area contributed by atoms with Gasteiger partial charge < -0.3 is 15.8 Å². The predicted octanol–water partition coefficient (Wildman–Crippen LogP) is 4.37. The van der Waals surface area contributed by atoms with E-state index in [9.17, 15) is 27.5 Å². The number of aromatic hydroxyl groups is 1. The number of nitrogen functional groups attached to an aromatic ring is 1. The van der Waals surface area contributed by atoms with E-state index >= 15 is 0 Å². The van der Waals surface area contributed by atoms with Crippen LogP contribution < -0.4 is 5.73 Å². The molecular weight excluding hydrogens is 416 g/mol. The lowest BCUT2D eigenvalue weighted by Gasteiger charge is -2.14. The van der Waals surface area contributed by atoms with Gasteiger partial charge in [0.05, 0.1) is 18.3 Å². The van der Waals surface area contributed by atoms with Gasteiger partial charge >= 0.3 is 6.18 Å². The van der Waals surface area contributed by atoms with E-state index in [4.69, 9.17) is 5.73 Å². The number of anilines is 1. The molecule has 2 heterocycles. The van der Waals surface area contributed by atoms with Crippen LogP contribution in [0, 0.1) is 18.7 Å². The summed E-state index contributed by atoms with van der Waals surface area (Å²) in [5.74, 6) is -2.35. The van der Waals surface area contributed by atoms with E-state index in [0.717, 1.165) is 6.20 Å². The number of nitrogens with one attached hydrogen (secondary N) is 1. The predicted molar refractivity (Wildman–Crippen MR) is 106 cm³/mol. The Balaban J connectivity index is 2.06. The minimum atomic E-state index is -4.62. The minimum Gasteiger partial charge on any atom is -0.504 e. The Morgan fingerprint density at radius 2 is 1.90 bits per heavy atom. The summed E-state index contributed by atoms with van der Waals surface area (Å²) < 4.78 is 53.2. The number of ketones is 1. The lowest BCUT2D eigenvalue weighted by Crippen LogP contribution is -2.19. The number of aromatic nitrogens is 3. The molecule has 0 spiro atoms. The molecule has 0 bridgehead atoms. The van der Waals surface area contributed by atoms with Crippen molar-refractivity contribution >= 4 is 11.7 Å². The van der Waals surface area contributed by atoms with Crippen LogP contribution in [0.5, 0.6) is 5.75 Å². The molecule has 0 saturated heterocycles. The van der Waals surface area contributed by atoms with Crippen molar-refractivity contribution in [2.45, 2.75) is 32.9 Å². The van der Waals surface area contributed by atoms with Crippen molar-refractivity contribution in [3.05, 3.63) is 58.8 Å². The van der Waals surface area contributed by atoms with Gasteiger partial charge in [-0.05, 0) is 36.6 Å². The fourth-order valence-electron chi connectivity index (χ4n) is 3.47. The summed E-state index contributed by atoms with van der Waals surface area (Å²) in [6.45, 7) is 3.06. The summed E-state index contributed by atoms with van der Waals surface area (Å²) in [6.07, 6.45) is -4.82. The Morgan fingerprint density at radius 3 is 2.52 bits per heavy atom. The molecule has 1 aromatic carbocycles. The summed E-state index contributed by atoms with van der Waals surface area (Å²) >= 11 is 0. The number of nitrogens with zero attached hydrogens (tertiary/aromatic N) is 2. The summed E-state index contributed by atoms with van der Waals surface area (Å²) in [5.41, 5.74) is 5.68. The van der Waals surface area contributed by atoms with Crippen molar-refractivity contribution < 1.29 is 27.5 Å². The molecule has 3 rings (SSSR count). The highest BCUT2D eigenvalue weighted by atomic mass is 19.4. The number of carbonyl (C=O) groups excluding carboxylic acids is 1. The molecule has 0 saturated carbocycles. The minimum absolute atomic E-state index is 0.0405. The molecule has 3 aromatic rings. The lowest BCUT2D eigenvalue weighted by atomic mass is 9.92. The van der Waals surface area contributed by atoms with Crippen molar-refractivity contribution in [1.29, 1.82) is 0 Å². The highest BCUT2D eigenvalue weighted by Gasteiger charge is 2.35. The van der Waals surface area contributed by atoms with Crippen LogP contribution in [0.3, 0.4) is 0 Å². The van der Waals surface area contributed by atoms with Crippen LogP contribution in [0.2, 0.25) is 0 Å². The van der Waals surface area contributed by atoms with Crippen molar-refractivity contribution in [1.82, 2.24) is 15.0 Å². The third-order valence-electron chi connectivity index (χ3n) is 4.84. The molecule has 4 N–H and O–H groups in total. The van der Waals surface area contributed by atoms with E-state index in [-0.39, 0.29) is 40.6 Å². The number of Topliss-reactive ketones (excluding diaryl/α,β-unsaturated/α-hetero) is 1. The van der Waals surface area contributed by atoms with Gasteiger partial charge in [-0.25, -0.2) is 14.4 Å². The Kier molecular flexibility index (Phi) is 6.01. The second-order valence-electron chi connectivity index (χ2n) is 7.33. The monoisotopic (exact) mass is 436 g/mol. The highest BCUT2D eigenvalue weighted by Crippen LogP contribution is 2.38. The zero-order chi connectivity index (χ0) is 22.9. The van der Waals surface area contributed by atoms with E-state index in [2.05, 4.69) is 15.0 Å². The van der Waals surface area contributed by atoms with Gasteiger partial charge in [-0.2, -0.15) is 13.2 Å². The number of rotatable bonds is 6. The zero-order valence-electron chi connectivity index (χ0n) is 16.7. The summed E-state index contributed by atoms with van der Waals surface area (Å²) in [6, 6.07) is 5.53. The van der Waals surface area contributed by atoms with Crippen LogP contribution >= 0.6 is 0 Å². The third kappa shape index (κ3) is 5.01. The second-order valence-corrected chi connectivity index (χ2v) is 7.33. The number of alkyl halides is 3. The fraction of sp³-hybridized carbons (Fsp3) is 0.286. The first kappa shape index (κ1) is 22.3. The summed E-state index contributed by atoms with van der Waals surface area (Å²) in [5, 5.41) is 10.1. The van der Waals surface area contributed by atoms with Crippen LogP contribution in [-0.2, 0) is 12.8 Å². The van der Waals surface area contributed by atoms with E-state index < -0.39 is 35.9 Å². The van der Waals surface area contributed by atoms with Crippen molar-refractivity contribution in [2.75, 3.05) is 5.73 Å². The normalized spacial score (nSPS) is 12.7. The molecule has 1 atom stereocenters. The third-order valence-corrected chi connectivity index (χ3v) is 4.84. The van der Waals surface area contributed by atoms with Crippen molar-refractivity contribution in [3.8, 4) is 17.0 Å². The number of aryl methyl sites for hydroxylation is 1. The average Bonchev–Trinajstić information content (AvgIpc) is 2.99. The first-order chi connectivity index (χ1) is 14.5. The number of aromatic amines is 1. The van der Waals surface area contributed by atoms with Gasteiger partial charge in [0.1, 0.15) is 11.5 Å². The van der Waals surface area contributed by atoms with Gasteiger partial charge in [0, 0.05) is 17.2 Å². The molecule has 31 heavy (non-hydrogen) atoms. The number of H-pyrrole nitrogens is 1. The van der Waals surface area contributed by atoms with Crippen LogP contribution in [-0.4, -0.2) is 32.0 Å². The van der Waals surface area contributed by atoms with Gasteiger partial charge in [0.25, 0.3) is 0 Å². The van der Waals surface area contributed by atoms with Gasteiger partial charge in [0.15, 0.2) is 11.5 Å². The molecule has 6 nitrogen and oxygen atoms in total. The molecule has 0 aliphatic heterocycles.